The van der Waals surface area contributed by atoms with E-state index in [4.69, 9.17) is 9.84 Å². The molecule has 0 radical (unpaired) electrons. The van der Waals surface area contributed by atoms with Crippen LogP contribution < -0.4 is 5.32 Å². The molecule has 0 atom stereocenters. The summed E-state index contributed by atoms with van der Waals surface area (Å²) in [6, 6.07) is 17.7. The molecule has 0 spiro atoms. The fraction of sp³-hybridized carbons (Fsp3) is 0.120. The van der Waals surface area contributed by atoms with Gasteiger partial charge in [-0.05, 0) is 29.3 Å². The smallest absolute Gasteiger partial charge is 0.413 e. The Hall–Kier alpha value is -4.09. The molecule has 5 aromatic rings. The van der Waals surface area contributed by atoms with Crippen molar-refractivity contribution in [1.29, 1.82) is 0 Å². The number of carboxylic acids is 1. The summed E-state index contributed by atoms with van der Waals surface area (Å²) in [6.45, 7) is 0.138. The maximum absolute atomic E-state index is 14.7. The summed E-state index contributed by atoms with van der Waals surface area (Å²) in [6.07, 6.45) is -0.845. The van der Waals surface area contributed by atoms with Gasteiger partial charge in [0.25, 0.3) is 0 Å². The number of carbonyl (C=O) groups is 2. The van der Waals surface area contributed by atoms with E-state index < -0.39 is 17.9 Å². The molecule has 0 unspecified atom stereocenters. The number of anilines is 1. The van der Waals surface area contributed by atoms with Gasteiger partial charge in [-0.15, -0.1) is 27.8 Å². The minimum absolute atomic E-state index is 0.138. The third kappa shape index (κ3) is 4.97. The van der Waals surface area contributed by atoms with Gasteiger partial charge in [-0.25, -0.2) is 13.9 Å². The van der Waals surface area contributed by atoms with Gasteiger partial charge in [-0.1, -0.05) is 47.7 Å². The van der Waals surface area contributed by atoms with E-state index in [2.05, 4.69) is 15.6 Å². The van der Waals surface area contributed by atoms with Crippen molar-refractivity contribution in [3.05, 3.63) is 77.6 Å². The Morgan fingerprint density at radius 3 is 2.47 bits per heavy atom. The molecule has 0 saturated heterocycles. The molecular formula is C25H19FN4O4S2. The number of benzene rings is 2. The summed E-state index contributed by atoms with van der Waals surface area (Å²) in [5.74, 6) is -1.06. The van der Waals surface area contributed by atoms with Crippen molar-refractivity contribution in [2.24, 2.45) is 7.05 Å². The zero-order valence-corrected chi connectivity index (χ0v) is 20.5. The molecule has 1 amide bonds. The molecule has 3 aromatic heterocycles. The molecule has 0 fully saturated rings. The minimum Gasteiger partial charge on any atom is -0.481 e. The lowest BCUT2D eigenvalue weighted by Crippen LogP contribution is -2.16. The average molecular weight is 523 g/mol. The van der Waals surface area contributed by atoms with Crippen molar-refractivity contribution >= 4 is 50.0 Å². The molecule has 0 bridgehead atoms. The summed E-state index contributed by atoms with van der Waals surface area (Å²) in [4.78, 5) is 24.8. The van der Waals surface area contributed by atoms with Gasteiger partial charge in [0.05, 0.1) is 11.3 Å². The number of amides is 1. The van der Waals surface area contributed by atoms with Gasteiger partial charge >= 0.3 is 12.1 Å². The molecule has 36 heavy (non-hydrogen) atoms. The number of hydrogen-bond donors (Lipinski definition) is 2. The van der Waals surface area contributed by atoms with Gasteiger partial charge in [-0.3, -0.25) is 10.1 Å². The molecule has 0 aliphatic rings. The lowest BCUT2D eigenvalue weighted by Gasteiger charge is -2.08. The van der Waals surface area contributed by atoms with Gasteiger partial charge in [0.1, 0.15) is 18.1 Å². The third-order valence-electron chi connectivity index (χ3n) is 5.35. The van der Waals surface area contributed by atoms with Crippen LogP contribution in [0.5, 0.6) is 0 Å². The van der Waals surface area contributed by atoms with Crippen LogP contribution in [-0.2, 0) is 29.6 Å². The third-order valence-corrected chi connectivity index (χ3v) is 7.69. The van der Waals surface area contributed by atoms with Crippen LogP contribution in [0, 0.1) is 5.82 Å². The number of hydrogen-bond acceptors (Lipinski definition) is 7. The van der Waals surface area contributed by atoms with E-state index in [9.17, 15) is 14.0 Å². The molecule has 2 aromatic carbocycles. The predicted molar refractivity (Wildman–Crippen MR) is 137 cm³/mol. The van der Waals surface area contributed by atoms with Gasteiger partial charge in [0, 0.05) is 26.9 Å². The standard InChI is InChI=1S/C25H19FN4O4S2/c1-30-24(27-25(33)34-13-14-5-3-2-4-6-14)23(28-29-30)21-12-20-19(36-21)11-18(35-20)16-8-7-15(9-17(16)26)10-22(31)32/h2-9,11-12H,10,13H2,1H3,(H,27,33)(H,31,32). The first-order chi connectivity index (χ1) is 17.4. The maximum atomic E-state index is 14.7. The Kier molecular flexibility index (Phi) is 6.49. The number of carboxylic acid groups (broad SMARTS) is 1. The fourth-order valence-corrected chi connectivity index (χ4v) is 6.06. The quantitative estimate of drug-likeness (QED) is 0.274. The highest BCUT2D eigenvalue weighted by Crippen LogP contribution is 2.43. The van der Waals surface area contributed by atoms with E-state index in [1.807, 2.05) is 42.5 Å². The number of thiophene rings is 2. The van der Waals surface area contributed by atoms with E-state index in [0.717, 1.165) is 24.7 Å². The van der Waals surface area contributed by atoms with Crippen LogP contribution in [0.25, 0.3) is 30.4 Å². The number of aliphatic carboxylic acids is 1. The normalized spacial score (nSPS) is 11.1. The second-order valence-corrected chi connectivity index (χ2v) is 10.1. The topological polar surface area (TPSA) is 106 Å². The van der Waals surface area contributed by atoms with Crippen molar-refractivity contribution in [2.75, 3.05) is 5.32 Å². The highest BCUT2D eigenvalue weighted by molar-refractivity contribution is 7.31. The van der Waals surface area contributed by atoms with E-state index in [-0.39, 0.29) is 13.0 Å². The van der Waals surface area contributed by atoms with Gasteiger partial charge < -0.3 is 9.84 Å². The molecule has 3 heterocycles. The monoisotopic (exact) mass is 522 g/mol. The number of ether oxygens (including phenoxy) is 1. The van der Waals surface area contributed by atoms with Crippen molar-refractivity contribution in [3.8, 4) is 21.0 Å². The highest BCUT2D eigenvalue weighted by atomic mass is 32.1. The van der Waals surface area contributed by atoms with Gasteiger partial charge in [0.15, 0.2) is 5.82 Å². The summed E-state index contributed by atoms with van der Waals surface area (Å²) in [5.41, 5.74) is 2.21. The number of nitrogens with one attached hydrogen (secondary N) is 1. The Bertz CT molecular complexity index is 1540. The summed E-state index contributed by atoms with van der Waals surface area (Å²) in [5, 5.41) is 19.9. The number of halogens is 1. The van der Waals surface area contributed by atoms with Gasteiger partial charge in [-0.2, -0.15) is 0 Å². The molecule has 8 nitrogen and oxygen atoms in total. The molecule has 0 saturated carbocycles. The lowest BCUT2D eigenvalue weighted by molar-refractivity contribution is -0.136. The van der Waals surface area contributed by atoms with E-state index in [1.54, 1.807) is 19.2 Å². The fourth-order valence-electron chi connectivity index (χ4n) is 3.65. The molecule has 11 heteroatoms. The Morgan fingerprint density at radius 1 is 1.03 bits per heavy atom. The molecule has 5 rings (SSSR count). The van der Waals surface area contributed by atoms with Gasteiger partial charge in [0.2, 0.25) is 0 Å². The zero-order valence-electron chi connectivity index (χ0n) is 18.9. The largest absolute Gasteiger partial charge is 0.481 e. The first-order valence-corrected chi connectivity index (χ1v) is 12.4. The van der Waals surface area contributed by atoms with Crippen LogP contribution in [0.2, 0.25) is 0 Å². The van der Waals surface area contributed by atoms with Crippen molar-refractivity contribution in [1.82, 2.24) is 15.0 Å². The second-order valence-electron chi connectivity index (χ2n) is 7.93. The number of fused-ring (bicyclic) bond motifs is 1. The van der Waals surface area contributed by atoms with Crippen LogP contribution in [0.15, 0.2) is 60.7 Å². The number of aromatic nitrogens is 3. The lowest BCUT2D eigenvalue weighted by atomic mass is 10.1. The Morgan fingerprint density at radius 2 is 1.75 bits per heavy atom. The van der Waals surface area contributed by atoms with Crippen LogP contribution in [0.1, 0.15) is 11.1 Å². The minimum atomic E-state index is -1.01. The zero-order chi connectivity index (χ0) is 25.2. The van der Waals surface area contributed by atoms with Crippen molar-refractivity contribution in [2.45, 2.75) is 13.0 Å². The molecule has 0 aliphatic carbocycles. The van der Waals surface area contributed by atoms with Crippen molar-refractivity contribution in [3.63, 3.8) is 0 Å². The second kappa shape index (κ2) is 9.88. The van der Waals surface area contributed by atoms with E-state index in [1.165, 1.54) is 33.4 Å². The average Bonchev–Trinajstić information content (AvgIpc) is 3.52. The molecular weight excluding hydrogens is 503 g/mol. The summed E-state index contributed by atoms with van der Waals surface area (Å²) >= 11 is 2.87. The number of nitrogens with zero attached hydrogens (tertiary/aromatic N) is 3. The SMILES string of the molecule is Cn1nnc(-c2cc3sc(-c4ccc(CC(=O)O)cc4F)cc3s2)c1NC(=O)OCc1ccccc1. The first kappa shape index (κ1) is 23.6. The number of rotatable bonds is 7. The number of aryl methyl sites for hydroxylation is 1. The van der Waals surface area contributed by atoms with Crippen LogP contribution in [-0.4, -0.2) is 32.2 Å². The van der Waals surface area contributed by atoms with E-state index >= 15 is 0 Å². The maximum Gasteiger partial charge on any atom is 0.413 e. The van der Waals surface area contributed by atoms with Crippen LogP contribution in [0.4, 0.5) is 15.0 Å². The first-order valence-electron chi connectivity index (χ1n) is 10.8. The van der Waals surface area contributed by atoms with E-state index in [0.29, 0.717) is 22.6 Å². The summed E-state index contributed by atoms with van der Waals surface area (Å²) < 4.78 is 23.3. The molecule has 182 valence electrons. The van der Waals surface area contributed by atoms with Crippen LogP contribution >= 0.6 is 22.7 Å². The Labute approximate surface area is 212 Å². The van der Waals surface area contributed by atoms with Crippen molar-refractivity contribution < 1.29 is 23.8 Å². The highest BCUT2D eigenvalue weighted by Gasteiger charge is 2.20. The van der Waals surface area contributed by atoms with Crippen LogP contribution in [0.3, 0.4) is 0 Å². The Balaban J connectivity index is 1.35. The predicted octanol–water partition coefficient (Wildman–Crippen LogP) is 5.94. The summed E-state index contributed by atoms with van der Waals surface area (Å²) in [7, 11) is 1.67. The molecule has 2 N–H and O–H groups in total. The molecule has 0 aliphatic heterocycles. The number of carbonyl (C=O) groups excluding carboxylic acids is 1.